The van der Waals surface area contributed by atoms with Crippen LogP contribution in [0, 0.1) is 18.3 Å². The van der Waals surface area contributed by atoms with Gasteiger partial charge in [-0.1, -0.05) is 17.7 Å². The summed E-state index contributed by atoms with van der Waals surface area (Å²) in [6.07, 6.45) is 0. The van der Waals surface area contributed by atoms with Gasteiger partial charge in [-0.2, -0.15) is 5.26 Å². The van der Waals surface area contributed by atoms with E-state index in [1.165, 1.54) is 5.56 Å². The van der Waals surface area contributed by atoms with Gasteiger partial charge in [0, 0.05) is 20.4 Å². The second-order valence-corrected chi connectivity index (χ2v) is 5.60. The molecule has 0 fully saturated rings. The van der Waals surface area contributed by atoms with E-state index in [1.54, 1.807) is 11.3 Å². The maximum atomic E-state index is 9.18. The van der Waals surface area contributed by atoms with Crippen LogP contribution in [0.3, 0.4) is 0 Å². The second-order valence-electron chi connectivity index (χ2n) is 3.74. The molecule has 0 radical (unpaired) electrons. The third-order valence-electron chi connectivity index (χ3n) is 2.36. The molecule has 2 nitrogen and oxygen atoms in total. The summed E-state index contributed by atoms with van der Waals surface area (Å²) in [4.78, 5) is 1.01. The number of nitrogens with one attached hydrogen (secondary N) is 1. The lowest BCUT2D eigenvalue weighted by Gasteiger charge is -2.11. The van der Waals surface area contributed by atoms with Gasteiger partial charge < -0.3 is 5.32 Å². The van der Waals surface area contributed by atoms with Gasteiger partial charge in [-0.3, -0.25) is 0 Å². The summed E-state index contributed by atoms with van der Waals surface area (Å²) in [6.45, 7) is 2.04. The van der Waals surface area contributed by atoms with Crippen LogP contribution in [0.25, 0.3) is 0 Å². The molecule has 2 rings (SSSR count). The third kappa shape index (κ3) is 3.09. The Morgan fingerprint density at radius 2 is 2.06 bits per heavy atom. The summed E-state index contributed by atoms with van der Waals surface area (Å²) in [6, 6.07) is 12.0. The number of benzene rings is 1. The molecule has 0 saturated heterocycles. The Morgan fingerprint density at radius 1 is 1.35 bits per heavy atom. The van der Waals surface area contributed by atoms with E-state index in [0.717, 1.165) is 15.0 Å². The van der Waals surface area contributed by atoms with E-state index in [1.807, 2.05) is 42.6 Å². The Balaban J connectivity index is 2.16. The van der Waals surface area contributed by atoms with E-state index < -0.39 is 0 Å². The maximum absolute atomic E-state index is 9.18. The fourth-order valence-electron chi connectivity index (χ4n) is 1.46. The minimum absolute atomic E-state index is 0.297. The van der Waals surface area contributed by atoms with Crippen molar-refractivity contribution in [1.29, 1.82) is 5.26 Å². The van der Waals surface area contributed by atoms with E-state index >= 15 is 0 Å². The summed E-state index contributed by atoms with van der Waals surface area (Å²) in [5.41, 5.74) is 2.18. The number of rotatable bonds is 3. The first-order chi connectivity index (χ1) is 8.19. The van der Waals surface area contributed by atoms with E-state index in [9.17, 15) is 5.26 Å². The Morgan fingerprint density at radius 3 is 2.59 bits per heavy atom. The zero-order chi connectivity index (χ0) is 12.3. The minimum atomic E-state index is -0.297. The molecule has 1 heterocycles. The lowest BCUT2D eigenvalue weighted by Crippen LogP contribution is -2.06. The molecule has 1 aromatic heterocycles. The van der Waals surface area contributed by atoms with Crippen molar-refractivity contribution in [3.05, 3.63) is 50.6 Å². The number of halogens is 1. The molecular formula is C13H11BrN2S. The first kappa shape index (κ1) is 12.2. The van der Waals surface area contributed by atoms with Gasteiger partial charge in [0.25, 0.3) is 0 Å². The minimum Gasteiger partial charge on any atom is -0.366 e. The summed E-state index contributed by atoms with van der Waals surface area (Å²) in [5.74, 6) is 0. The zero-order valence-electron chi connectivity index (χ0n) is 9.27. The average Bonchev–Trinajstić information content (AvgIpc) is 2.75. The maximum Gasteiger partial charge on any atom is 0.149 e. The van der Waals surface area contributed by atoms with Gasteiger partial charge in [-0.05, 0) is 41.1 Å². The molecule has 1 aromatic carbocycles. The van der Waals surface area contributed by atoms with Gasteiger partial charge in [0.05, 0.1) is 6.07 Å². The van der Waals surface area contributed by atoms with Crippen molar-refractivity contribution >= 4 is 33.0 Å². The van der Waals surface area contributed by atoms with Gasteiger partial charge >= 0.3 is 0 Å². The number of nitriles is 1. The van der Waals surface area contributed by atoms with E-state index in [0.29, 0.717) is 0 Å². The number of aryl methyl sites for hydroxylation is 1. The number of hydrogen-bond acceptors (Lipinski definition) is 3. The highest BCUT2D eigenvalue weighted by Gasteiger charge is 2.12. The first-order valence-electron chi connectivity index (χ1n) is 5.16. The van der Waals surface area contributed by atoms with Crippen molar-refractivity contribution in [2.75, 3.05) is 5.32 Å². The molecule has 1 N–H and O–H groups in total. The molecule has 0 amide bonds. The van der Waals surface area contributed by atoms with Crippen LogP contribution in [0.4, 0.5) is 5.69 Å². The zero-order valence-corrected chi connectivity index (χ0v) is 11.7. The monoisotopic (exact) mass is 306 g/mol. The highest BCUT2D eigenvalue weighted by Crippen LogP contribution is 2.27. The van der Waals surface area contributed by atoms with Crippen LogP contribution >= 0.6 is 27.3 Å². The van der Waals surface area contributed by atoms with Crippen LogP contribution in [0.1, 0.15) is 16.5 Å². The van der Waals surface area contributed by atoms with Crippen LogP contribution in [-0.4, -0.2) is 0 Å². The summed E-state index contributed by atoms with van der Waals surface area (Å²) in [7, 11) is 0. The molecule has 4 heteroatoms. The number of hydrogen-bond donors (Lipinski definition) is 1. The van der Waals surface area contributed by atoms with Crippen molar-refractivity contribution in [3.8, 4) is 6.07 Å². The molecule has 0 bridgehead atoms. The van der Waals surface area contributed by atoms with Gasteiger partial charge in [0.15, 0.2) is 0 Å². The molecule has 17 heavy (non-hydrogen) atoms. The van der Waals surface area contributed by atoms with E-state index in [4.69, 9.17) is 0 Å². The van der Waals surface area contributed by atoms with Gasteiger partial charge in [0.2, 0.25) is 0 Å². The Hall–Kier alpha value is -1.31. The van der Waals surface area contributed by atoms with Crippen molar-refractivity contribution in [3.63, 3.8) is 0 Å². The lowest BCUT2D eigenvalue weighted by atomic mass is 10.2. The average molecular weight is 307 g/mol. The predicted molar refractivity (Wildman–Crippen MR) is 75.2 cm³/mol. The second kappa shape index (κ2) is 5.35. The van der Waals surface area contributed by atoms with Crippen LogP contribution in [-0.2, 0) is 0 Å². The van der Waals surface area contributed by atoms with Gasteiger partial charge in [0.1, 0.15) is 6.04 Å². The molecule has 86 valence electrons. The van der Waals surface area contributed by atoms with E-state index in [-0.39, 0.29) is 6.04 Å². The summed E-state index contributed by atoms with van der Waals surface area (Å²) >= 11 is 4.97. The summed E-state index contributed by atoms with van der Waals surface area (Å²) in [5, 5.41) is 14.4. The van der Waals surface area contributed by atoms with Gasteiger partial charge in [-0.15, -0.1) is 11.3 Å². The van der Waals surface area contributed by atoms with Crippen molar-refractivity contribution in [2.24, 2.45) is 0 Å². The van der Waals surface area contributed by atoms with Crippen molar-refractivity contribution in [1.82, 2.24) is 0 Å². The number of nitrogens with zero attached hydrogens (tertiary/aromatic N) is 1. The Bertz CT molecular complexity index is 539. The smallest absolute Gasteiger partial charge is 0.149 e. The largest absolute Gasteiger partial charge is 0.366 e. The third-order valence-corrected chi connectivity index (χ3v) is 4.12. The molecule has 1 unspecified atom stereocenters. The molecule has 0 aliphatic rings. The SMILES string of the molecule is Cc1ccc(NC(C#N)c2cc(Br)cs2)cc1. The molecule has 0 aliphatic carbocycles. The summed E-state index contributed by atoms with van der Waals surface area (Å²) < 4.78 is 1.02. The fraction of sp³-hybridized carbons (Fsp3) is 0.154. The van der Waals surface area contributed by atoms with Crippen molar-refractivity contribution in [2.45, 2.75) is 13.0 Å². The Kier molecular flexibility index (Phi) is 3.82. The van der Waals surface area contributed by atoms with Gasteiger partial charge in [-0.25, -0.2) is 0 Å². The van der Waals surface area contributed by atoms with Crippen molar-refractivity contribution < 1.29 is 0 Å². The first-order valence-corrected chi connectivity index (χ1v) is 6.83. The highest BCUT2D eigenvalue weighted by atomic mass is 79.9. The topological polar surface area (TPSA) is 35.8 Å². The quantitative estimate of drug-likeness (QED) is 0.906. The highest BCUT2D eigenvalue weighted by molar-refractivity contribution is 9.10. The molecule has 0 saturated carbocycles. The van der Waals surface area contributed by atoms with Crippen LogP contribution < -0.4 is 5.32 Å². The normalized spacial score (nSPS) is 11.8. The Labute approximate surface area is 113 Å². The molecular weight excluding hydrogens is 296 g/mol. The van der Waals surface area contributed by atoms with E-state index in [2.05, 4.69) is 27.3 Å². The standard InChI is InChI=1S/C13H11BrN2S/c1-9-2-4-11(5-3-9)16-12(7-15)13-6-10(14)8-17-13/h2-6,8,12,16H,1H3. The predicted octanol–water partition coefficient (Wildman–Crippen LogP) is 4.50. The number of thiophene rings is 1. The molecule has 1 atom stereocenters. The number of anilines is 1. The molecule has 2 aromatic rings. The lowest BCUT2D eigenvalue weighted by molar-refractivity contribution is 1.03. The molecule has 0 aliphatic heterocycles. The fourth-order valence-corrected chi connectivity index (χ4v) is 2.90. The van der Waals surface area contributed by atoms with Crippen LogP contribution in [0.2, 0.25) is 0 Å². The van der Waals surface area contributed by atoms with Crippen LogP contribution in [0.15, 0.2) is 40.2 Å². The van der Waals surface area contributed by atoms with Crippen LogP contribution in [0.5, 0.6) is 0 Å². The molecule has 0 spiro atoms.